The third-order valence-corrected chi connectivity index (χ3v) is 5.56. The van der Waals surface area contributed by atoms with Gasteiger partial charge in [-0.2, -0.15) is 0 Å². The van der Waals surface area contributed by atoms with Crippen LogP contribution < -0.4 is 5.32 Å². The standard InChI is InChI=1S/C18H16Cl2N2O6S/c1-4-27-18(26)13-8(2)14(9(3)23)29-16(13)22-12(24)7-28-17(25)10-5-11(19)15(20)21-6-10/h5-6H,4,7H2,1-3H3,(H,22,24). The number of nitrogens with one attached hydrogen (secondary N) is 1. The Morgan fingerprint density at radius 2 is 1.86 bits per heavy atom. The molecule has 0 unspecified atom stereocenters. The lowest BCUT2D eigenvalue weighted by Gasteiger charge is -2.08. The largest absolute Gasteiger partial charge is 0.462 e. The summed E-state index contributed by atoms with van der Waals surface area (Å²) < 4.78 is 9.91. The molecule has 11 heteroatoms. The maximum atomic E-state index is 12.2. The zero-order chi connectivity index (χ0) is 21.7. The number of amides is 1. The molecule has 0 aliphatic heterocycles. The van der Waals surface area contributed by atoms with E-state index in [1.165, 1.54) is 13.0 Å². The normalized spacial score (nSPS) is 10.4. The van der Waals surface area contributed by atoms with Crippen LogP contribution in [0.5, 0.6) is 0 Å². The molecule has 29 heavy (non-hydrogen) atoms. The lowest BCUT2D eigenvalue weighted by atomic mass is 10.1. The minimum Gasteiger partial charge on any atom is -0.462 e. The van der Waals surface area contributed by atoms with Crippen LogP contribution in [-0.2, 0) is 14.3 Å². The van der Waals surface area contributed by atoms with Crippen LogP contribution in [0.25, 0.3) is 0 Å². The molecule has 0 spiro atoms. The van der Waals surface area contributed by atoms with Gasteiger partial charge in [0.1, 0.15) is 10.2 Å². The van der Waals surface area contributed by atoms with Crippen LogP contribution in [0.15, 0.2) is 12.3 Å². The molecule has 0 fully saturated rings. The molecule has 0 aromatic carbocycles. The van der Waals surface area contributed by atoms with Crippen molar-refractivity contribution in [3.05, 3.63) is 44.0 Å². The highest BCUT2D eigenvalue weighted by atomic mass is 35.5. The van der Waals surface area contributed by atoms with Gasteiger partial charge >= 0.3 is 11.9 Å². The maximum Gasteiger partial charge on any atom is 0.341 e. The van der Waals surface area contributed by atoms with Crippen LogP contribution in [0, 0.1) is 6.92 Å². The smallest absolute Gasteiger partial charge is 0.341 e. The van der Waals surface area contributed by atoms with Crippen molar-refractivity contribution in [3.8, 4) is 0 Å². The number of hydrogen-bond acceptors (Lipinski definition) is 8. The molecule has 154 valence electrons. The first-order valence-corrected chi connectivity index (χ1v) is 9.82. The summed E-state index contributed by atoms with van der Waals surface area (Å²) >= 11 is 12.4. The van der Waals surface area contributed by atoms with Crippen molar-refractivity contribution >= 4 is 63.2 Å². The molecular weight excluding hydrogens is 443 g/mol. The number of carbonyl (C=O) groups excluding carboxylic acids is 4. The topological polar surface area (TPSA) is 112 Å². The van der Waals surface area contributed by atoms with E-state index in [-0.39, 0.29) is 38.7 Å². The number of aromatic nitrogens is 1. The van der Waals surface area contributed by atoms with Gasteiger partial charge in [0.15, 0.2) is 12.4 Å². The lowest BCUT2D eigenvalue weighted by molar-refractivity contribution is -0.119. The number of rotatable bonds is 7. The van der Waals surface area contributed by atoms with Crippen LogP contribution in [0.4, 0.5) is 5.00 Å². The third-order valence-electron chi connectivity index (χ3n) is 3.57. The Morgan fingerprint density at radius 1 is 1.17 bits per heavy atom. The van der Waals surface area contributed by atoms with Gasteiger partial charge in [0.2, 0.25) is 0 Å². The molecule has 8 nitrogen and oxygen atoms in total. The van der Waals surface area contributed by atoms with E-state index in [4.69, 9.17) is 32.7 Å². The lowest BCUT2D eigenvalue weighted by Crippen LogP contribution is -2.22. The summed E-state index contributed by atoms with van der Waals surface area (Å²) in [5.41, 5.74) is 0.524. The number of halogens is 2. The van der Waals surface area contributed by atoms with Crippen molar-refractivity contribution in [2.75, 3.05) is 18.5 Å². The van der Waals surface area contributed by atoms with Gasteiger partial charge in [0.05, 0.1) is 27.6 Å². The molecule has 0 aliphatic rings. The number of carbonyl (C=O) groups is 4. The SMILES string of the molecule is CCOC(=O)c1c(NC(=O)COC(=O)c2cnc(Cl)c(Cl)c2)sc(C(C)=O)c1C. The number of pyridine rings is 1. The summed E-state index contributed by atoms with van der Waals surface area (Å²) in [6.45, 7) is 4.08. The zero-order valence-electron chi connectivity index (χ0n) is 15.6. The molecule has 2 aromatic heterocycles. The van der Waals surface area contributed by atoms with Gasteiger partial charge in [-0.1, -0.05) is 23.2 Å². The molecular formula is C18H16Cl2N2O6S. The van der Waals surface area contributed by atoms with E-state index >= 15 is 0 Å². The second-order valence-corrected chi connectivity index (χ2v) is 7.44. The molecule has 2 heterocycles. The van der Waals surface area contributed by atoms with E-state index in [9.17, 15) is 19.2 Å². The average Bonchev–Trinajstić information content (AvgIpc) is 2.98. The first-order valence-electron chi connectivity index (χ1n) is 8.25. The fraction of sp³-hybridized carbons (Fsp3) is 0.278. The number of anilines is 1. The molecule has 0 radical (unpaired) electrons. The number of ketones is 1. The summed E-state index contributed by atoms with van der Waals surface area (Å²) in [5.74, 6) is -2.45. The Hall–Kier alpha value is -2.49. The Balaban J connectivity index is 2.12. The third kappa shape index (κ3) is 5.53. The molecule has 0 saturated heterocycles. The van der Waals surface area contributed by atoms with Crippen molar-refractivity contribution in [3.63, 3.8) is 0 Å². The van der Waals surface area contributed by atoms with Gasteiger partial charge in [-0.3, -0.25) is 9.59 Å². The highest BCUT2D eigenvalue weighted by molar-refractivity contribution is 7.18. The average molecular weight is 459 g/mol. The van der Waals surface area contributed by atoms with Gasteiger partial charge in [0.25, 0.3) is 5.91 Å². The quantitative estimate of drug-likeness (QED) is 0.379. The highest BCUT2D eigenvalue weighted by Crippen LogP contribution is 2.34. The fourth-order valence-corrected chi connectivity index (χ4v) is 3.67. The summed E-state index contributed by atoms with van der Waals surface area (Å²) in [5, 5.41) is 2.72. The van der Waals surface area contributed by atoms with Crippen LogP contribution in [0.2, 0.25) is 10.2 Å². The van der Waals surface area contributed by atoms with Crippen molar-refractivity contribution in [1.82, 2.24) is 4.98 Å². The molecule has 2 rings (SSSR count). The van der Waals surface area contributed by atoms with Crippen molar-refractivity contribution < 1.29 is 28.7 Å². The molecule has 1 N–H and O–H groups in total. The maximum absolute atomic E-state index is 12.2. The van der Waals surface area contributed by atoms with Gasteiger partial charge < -0.3 is 14.8 Å². The summed E-state index contributed by atoms with van der Waals surface area (Å²) in [6.07, 6.45) is 1.16. The van der Waals surface area contributed by atoms with E-state index in [1.807, 2.05) is 0 Å². The van der Waals surface area contributed by atoms with Gasteiger partial charge in [0, 0.05) is 6.20 Å². The number of esters is 2. The van der Waals surface area contributed by atoms with E-state index in [2.05, 4.69) is 10.3 Å². The zero-order valence-corrected chi connectivity index (χ0v) is 18.0. The van der Waals surface area contributed by atoms with E-state index in [0.29, 0.717) is 10.4 Å². The minimum atomic E-state index is -0.830. The second-order valence-electron chi connectivity index (χ2n) is 5.66. The molecule has 1 amide bonds. The fourth-order valence-electron chi connectivity index (χ4n) is 2.30. The molecule has 0 saturated carbocycles. The number of thiophene rings is 1. The van der Waals surface area contributed by atoms with Crippen LogP contribution >= 0.6 is 34.5 Å². The first-order chi connectivity index (χ1) is 13.6. The molecule has 0 bridgehead atoms. The van der Waals surface area contributed by atoms with Gasteiger partial charge in [-0.15, -0.1) is 11.3 Å². The van der Waals surface area contributed by atoms with Crippen LogP contribution in [-0.4, -0.2) is 41.8 Å². The minimum absolute atomic E-state index is 0.0187. The number of nitrogens with zero attached hydrogens (tertiary/aromatic N) is 1. The summed E-state index contributed by atoms with van der Waals surface area (Å²) in [4.78, 5) is 52.3. The predicted octanol–water partition coefficient (Wildman–Crippen LogP) is 3.93. The Morgan fingerprint density at radius 3 is 2.45 bits per heavy atom. The number of hydrogen-bond donors (Lipinski definition) is 1. The predicted molar refractivity (Wildman–Crippen MR) is 108 cm³/mol. The Labute approximate surface area is 180 Å². The van der Waals surface area contributed by atoms with Crippen molar-refractivity contribution in [2.24, 2.45) is 0 Å². The molecule has 0 aliphatic carbocycles. The van der Waals surface area contributed by atoms with Crippen molar-refractivity contribution in [1.29, 1.82) is 0 Å². The van der Waals surface area contributed by atoms with Gasteiger partial charge in [-0.05, 0) is 32.4 Å². The highest BCUT2D eigenvalue weighted by Gasteiger charge is 2.25. The second kappa shape index (κ2) is 9.82. The Bertz CT molecular complexity index is 989. The van der Waals surface area contributed by atoms with Gasteiger partial charge in [-0.25, -0.2) is 14.6 Å². The summed E-state index contributed by atoms with van der Waals surface area (Å²) in [7, 11) is 0. The van der Waals surface area contributed by atoms with Crippen LogP contribution in [0.3, 0.4) is 0 Å². The Kier molecular flexibility index (Phi) is 7.72. The number of Topliss-reactive ketones (excluding diaryl/α,β-unsaturated/α-hetero) is 1. The molecule has 0 atom stereocenters. The van der Waals surface area contributed by atoms with E-state index in [0.717, 1.165) is 17.5 Å². The van der Waals surface area contributed by atoms with Crippen molar-refractivity contribution in [2.45, 2.75) is 20.8 Å². The van der Waals surface area contributed by atoms with E-state index in [1.54, 1.807) is 13.8 Å². The number of ether oxygens (including phenoxy) is 2. The summed E-state index contributed by atoms with van der Waals surface area (Å²) in [6, 6.07) is 1.26. The van der Waals surface area contributed by atoms with Crippen LogP contribution in [0.1, 0.15) is 49.8 Å². The monoisotopic (exact) mass is 458 g/mol. The molecule has 2 aromatic rings. The van der Waals surface area contributed by atoms with E-state index < -0.39 is 24.5 Å². The first kappa shape index (κ1) is 22.8.